The summed E-state index contributed by atoms with van der Waals surface area (Å²) in [5.74, 6) is 0.826. The van der Waals surface area contributed by atoms with Crippen molar-refractivity contribution in [2.75, 3.05) is 0 Å². The average Bonchev–Trinajstić information content (AvgIpc) is 2.90. The molecule has 0 spiro atoms. The topological polar surface area (TPSA) is 54.5 Å². The van der Waals surface area contributed by atoms with E-state index in [-0.39, 0.29) is 0 Å². The fourth-order valence-electron chi connectivity index (χ4n) is 2.28. The summed E-state index contributed by atoms with van der Waals surface area (Å²) in [6, 6.07) is 13.9. The Morgan fingerprint density at radius 2 is 1.74 bits per heavy atom. The van der Waals surface area contributed by atoms with Gasteiger partial charge < -0.3 is 4.98 Å². The summed E-state index contributed by atoms with van der Waals surface area (Å²) in [5.41, 5.74) is 3.69. The molecular formula is C15H10N4. The van der Waals surface area contributed by atoms with Gasteiger partial charge in [-0.2, -0.15) is 0 Å². The lowest BCUT2D eigenvalue weighted by molar-refractivity contribution is 1.30. The number of nitrogens with zero attached hydrogens (tertiary/aromatic N) is 3. The molecule has 19 heavy (non-hydrogen) atoms. The standard InChI is InChI=1S/C15H10N4/c1-4-11(10-5-2-8-16-12(10)6-1)14-18-13-7-3-9-17-15(13)19-14/h1-9H,(H,17,18,19). The zero-order chi connectivity index (χ0) is 12.7. The van der Waals surface area contributed by atoms with Crippen LogP contribution in [-0.4, -0.2) is 19.9 Å². The van der Waals surface area contributed by atoms with Crippen molar-refractivity contribution in [3.8, 4) is 11.4 Å². The van der Waals surface area contributed by atoms with E-state index in [1.54, 1.807) is 12.4 Å². The summed E-state index contributed by atoms with van der Waals surface area (Å²) in [5, 5.41) is 1.09. The molecule has 0 fully saturated rings. The Hall–Kier alpha value is -2.75. The molecule has 0 aliphatic carbocycles. The van der Waals surface area contributed by atoms with E-state index in [1.165, 1.54) is 0 Å². The summed E-state index contributed by atoms with van der Waals surface area (Å²) in [4.78, 5) is 16.5. The minimum absolute atomic E-state index is 0.735. The molecule has 0 aliphatic heterocycles. The fraction of sp³-hybridized carbons (Fsp3) is 0. The van der Waals surface area contributed by atoms with Crippen LogP contribution in [0.5, 0.6) is 0 Å². The Morgan fingerprint density at radius 3 is 2.68 bits per heavy atom. The van der Waals surface area contributed by atoms with Crippen molar-refractivity contribution >= 4 is 22.1 Å². The molecule has 0 saturated heterocycles. The number of pyridine rings is 2. The maximum atomic E-state index is 4.54. The number of hydrogen-bond donors (Lipinski definition) is 1. The SMILES string of the molecule is c1cc(-c2nc3ncccc3[nH]2)c2cccnc2c1. The highest BCUT2D eigenvalue weighted by Gasteiger charge is 2.08. The van der Waals surface area contributed by atoms with E-state index < -0.39 is 0 Å². The molecule has 0 radical (unpaired) electrons. The van der Waals surface area contributed by atoms with Crippen molar-refractivity contribution in [3.05, 3.63) is 54.9 Å². The normalized spacial score (nSPS) is 11.2. The maximum absolute atomic E-state index is 4.54. The van der Waals surface area contributed by atoms with Crippen molar-refractivity contribution in [1.82, 2.24) is 19.9 Å². The lowest BCUT2D eigenvalue weighted by atomic mass is 10.1. The van der Waals surface area contributed by atoms with Gasteiger partial charge in [0.15, 0.2) is 5.65 Å². The van der Waals surface area contributed by atoms with Crippen LogP contribution in [0.2, 0.25) is 0 Å². The number of rotatable bonds is 1. The zero-order valence-corrected chi connectivity index (χ0v) is 10.0. The van der Waals surface area contributed by atoms with Gasteiger partial charge in [-0.25, -0.2) is 9.97 Å². The Bertz CT molecular complexity index is 841. The molecule has 4 heteroatoms. The number of nitrogens with one attached hydrogen (secondary N) is 1. The second-order valence-electron chi connectivity index (χ2n) is 4.34. The fourth-order valence-corrected chi connectivity index (χ4v) is 2.28. The van der Waals surface area contributed by atoms with Crippen molar-refractivity contribution in [2.24, 2.45) is 0 Å². The summed E-state index contributed by atoms with van der Waals surface area (Å²) in [6.07, 6.45) is 3.55. The summed E-state index contributed by atoms with van der Waals surface area (Å²) < 4.78 is 0. The first kappa shape index (κ1) is 10.2. The first-order valence-electron chi connectivity index (χ1n) is 6.07. The lowest BCUT2D eigenvalue weighted by Gasteiger charge is -2.02. The molecule has 1 N–H and O–H groups in total. The van der Waals surface area contributed by atoms with Crippen LogP contribution in [0.25, 0.3) is 33.5 Å². The highest BCUT2D eigenvalue weighted by molar-refractivity contribution is 5.94. The number of imidazole rings is 1. The van der Waals surface area contributed by atoms with Gasteiger partial charge in [-0.3, -0.25) is 4.98 Å². The van der Waals surface area contributed by atoms with Crippen LogP contribution in [0.4, 0.5) is 0 Å². The van der Waals surface area contributed by atoms with Crippen LogP contribution in [-0.2, 0) is 0 Å². The van der Waals surface area contributed by atoms with Crippen molar-refractivity contribution < 1.29 is 0 Å². The van der Waals surface area contributed by atoms with Gasteiger partial charge in [0.2, 0.25) is 0 Å². The molecule has 0 unspecified atom stereocenters. The molecule has 0 saturated carbocycles. The third-order valence-electron chi connectivity index (χ3n) is 3.16. The van der Waals surface area contributed by atoms with Crippen molar-refractivity contribution in [2.45, 2.75) is 0 Å². The van der Waals surface area contributed by atoms with Gasteiger partial charge in [0, 0.05) is 23.3 Å². The molecule has 4 rings (SSSR count). The summed E-state index contributed by atoms with van der Waals surface area (Å²) >= 11 is 0. The summed E-state index contributed by atoms with van der Waals surface area (Å²) in [7, 11) is 0. The van der Waals surface area contributed by atoms with E-state index in [0.29, 0.717) is 0 Å². The first-order chi connectivity index (χ1) is 9.42. The van der Waals surface area contributed by atoms with E-state index in [0.717, 1.165) is 33.5 Å². The number of H-pyrrole nitrogens is 1. The second-order valence-corrected chi connectivity index (χ2v) is 4.34. The smallest absolute Gasteiger partial charge is 0.178 e. The largest absolute Gasteiger partial charge is 0.337 e. The molecule has 0 bridgehead atoms. The average molecular weight is 246 g/mol. The van der Waals surface area contributed by atoms with Gasteiger partial charge in [-0.05, 0) is 24.3 Å². The maximum Gasteiger partial charge on any atom is 0.178 e. The van der Waals surface area contributed by atoms with Gasteiger partial charge in [0.25, 0.3) is 0 Å². The van der Waals surface area contributed by atoms with Crippen molar-refractivity contribution in [3.63, 3.8) is 0 Å². The van der Waals surface area contributed by atoms with Crippen LogP contribution in [0.1, 0.15) is 0 Å². The highest BCUT2D eigenvalue weighted by atomic mass is 15.0. The van der Waals surface area contributed by atoms with Crippen LogP contribution >= 0.6 is 0 Å². The van der Waals surface area contributed by atoms with E-state index >= 15 is 0 Å². The third-order valence-corrected chi connectivity index (χ3v) is 3.16. The molecule has 0 amide bonds. The van der Waals surface area contributed by atoms with Gasteiger partial charge in [-0.1, -0.05) is 18.2 Å². The Balaban J connectivity index is 2.03. The molecule has 4 nitrogen and oxygen atoms in total. The number of benzene rings is 1. The summed E-state index contributed by atoms with van der Waals surface area (Å²) in [6.45, 7) is 0. The Morgan fingerprint density at radius 1 is 0.842 bits per heavy atom. The lowest BCUT2D eigenvalue weighted by Crippen LogP contribution is -1.85. The van der Waals surface area contributed by atoms with Crippen molar-refractivity contribution in [1.29, 1.82) is 0 Å². The molecule has 3 heterocycles. The number of fused-ring (bicyclic) bond motifs is 2. The van der Waals surface area contributed by atoms with E-state index in [2.05, 4.69) is 26.0 Å². The molecule has 90 valence electrons. The molecule has 3 aromatic heterocycles. The second kappa shape index (κ2) is 3.88. The minimum Gasteiger partial charge on any atom is -0.337 e. The van der Waals surface area contributed by atoms with Gasteiger partial charge >= 0.3 is 0 Å². The number of aromatic amines is 1. The van der Waals surface area contributed by atoms with Gasteiger partial charge in [-0.15, -0.1) is 0 Å². The highest BCUT2D eigenvalue weighted by Crippen LogP contribution is 2.26. The van der Waals surface area contributed by atoms with Crippen LogP contribution < -0.4 is 0 Å². The Labute approximate surface area is 109 Å². The van der Waals surface area contributed by atoms with Gasteiger partial charge in [0.05, 0.1) is 11.0 Å². The molecule has 0 aliphatic rings. The third kappa shape index (κ3) is 1.57. The molecule has 4 aromatic rings. The predicted molar refractivity (Wildman–Crippen MR) is 74.6 cm³/mol. The molecule has 1 aromatic carbocycles. The van der Waals surface area contributed by atoms with E-state index in [9.17, 15) is 0 Å². The molecule has 0 atom stereocenters. The van der Waals surface area contributed by atoms with Crippen LogP contribution in [0.15, 0.2) is 54.9 Å². The van der Waals surface area contributed by atoms with Gasteiger partial charge in [0.1, 0.15) is 5.82 Å². The number of hydrogen-bond acceptors (Lipinski definition) is 3. The van der Waals surface area contributed by atoms with Crippen LogP contribution in [0.3, 0.4) is 0 Å². The quantitative estimate of drug-likeness (QED) is 0.561. The van der Waals surface area contributed by atoms with E-state index in [4.69, 9.17) is 0 Å². The van der Waals surface area contributed by atoms with Crippen LogP contribution in [0, 0.1) is 0 Å². The minimum atomic E-state index is 0.735. The molecular weight excluding hydrogens is 236 g/mol. The monoisotopic (exact) mass is 246 g/mol. The van der Waals surface area contributed by atoms with E-state index in [1.807, 2.05) is 36.4 Å². The first-order valence-corrected chi connectivity index (χ1v) is 6.07. The predicted octanol–water partition coefficient (Wildman–Crippen LogP) is 3.17. The zero-order valence-electron chi connectivity index (χ0n) is 10.0. The Kier molecular flexibility index (Phi) is 2.08. The number of aromatic nitrogens is 4.